The number of Topliss-reactive ketones (excluding diaryl/α,β-unsaturated/α-hetero) is 1. The van der Waals surface area contributed by atoms with Crippen molar-refractivity contribution in [3.05, 3.63) is 47.7 Å². The largest absolute Gasteiger partial charge is 0.493 e. The maximum Gasteiger partial charge on any atom is 0.203 e. The van der Waals surface area contributed by atoms with E-state index >= 15 is 0 Å². The van der Waals surface area contributed by atoms with Gasteiger partial charge in [0, 0.05) is 31.4 Å². The summed E-state index contributed by atoms with van der Waals surface area (Å²) in [4.78, 5) is 15.2. The molecule has 2 rings (SSSR count). The quantitative estimate of drug-likeness (QED) is 0.470. The summed E-state index contributed by atoms with van der Waals surface area (Å²) in [5.74, 6) is 2.23. The zero-order valence-corrected chi connectivity index (χ0v) is 17.9. The van der Waals surface area contributed by atoms with E-state index in [1.165, 1.54) is 28.4 Å². The third-order valence-corrected chi connectivity index (χ3v) is 4.25. The first-order valence-electron chi connectivity index (χ1n) is 8.85. The van der Waals surface area contributed by atoms with Gasteiger partial charge in [-0.3, -0.25) is 4.79 Å². The third kappa shape index (κ3) is 4.74. The average Bonchev–Trinajstić information content (AvgIpc) is 2.75. The minimum absolute atomic E-state index is 0.186. The lowest BCUT2D eigenvalue weighted by atomic mass is 9.96. The van der Waals surface area contributed by atoms with E-state index in [-0.39, 0.29) is 5.78 Å². The van der Waals surface area contributed by atoms with E-state index in [1.807, 2.05) is 14.1 Å². The number of nitrogens with zero attached hydrogens (tertiary/aromatic N) is 1. The second-order valence-electron chi connectivity index (χ2n) is 6.32. The van der Waals surface area contributed by atoms with Crippen molar-refractivity contribution in [2.24, 2.45) is 0 Å². The van der Waals surface area contributed by atoms with Crippen LogP contribution in [-0.2, 0) is 0 Å². The normalized spacial score (nSPS) is 10.9. The number of ether oxygens (including phenoxy) is 5. The van der Waals surface area contributed by atoms with Crippen LogP contribution >= 0.6 is 0 Å². The summed E-state index contributed by atoms with van der Waals surface area (Å²) < 4.78 is 26.8. The summed E-state index contributed by atoms with van der Waals surface area (Å²) in [6.07, 6.45) is 1.75. The summed E-state index contributed by atoms with van der Waals surface area (Å²) in [6.45, 7) is 0. The van der Waals surface area contributed by atoms with Gasteiger partial charge >= 0.3 is 0 Å². The molecule has 0 spiro atoms. The Kier molecular flexibility index (Phi) is 7.36. The van der Waals surface area contributed by atoms with Crippen molar-refractivity contribution in [1.82, 2.24) is 4.90 Å². The van der Waals surface area contributed by atoms with Gasteiger partial charge in [-0.25, -0.2) is 0 Å². The van der Waals surface area contributed by atoms with Gasteiger partial charge in [0.05, 0.1) is 35.5 Å². The van der Waals surface area contributed by atoms with Gasteiger partial charge in [-0.05, 0) is 35.9 Å². The molecule has 0 aliphatic rings. The molecule has 0 unspecified atom stereocenters. The second kappa shape index (κ2) is 9.73. The van der Waals surface area contributed by atoms with E-state index in [0.29, 0.717) is 45.4 Å². The molecule has 29 heavy (non-hydrogen) atoms. The van der Waals surface area contributed by atoms with Crippen LogP contribution in [0, 0.1) is 0 Å². The minimum atomic E-state index is -0.186. The van der Waals surface area contributed by atoms with Crippen LogP contribution in [0.25, 0.3) is 5.57 Å². The molecule has 2 aromatic carbocycles. The van der Waals surface area contributed by atoms with E-state index in [1.54, 1.807) is 48.5 Å². The molecule has 0 saturated carbocycles. The highest BCUT2D eigenvalue weighted by Gasteiger charge is 2.21. The van der Waals surface area contributed by atoms with Crippen molar-refractivity contribution >= 4 is 11.4 Å². The number of rotatable bonds is 9. The highest BCUT2D eigenvalue weighted by atomic mass is 16.5. The fraction of sp³-hybridized carbons (Fsp3) is 0.318. The van der Waals surface area contributed by atoms with Crippen molar-refractivity contribution in [2.45, 2.75) is 0 Å². The number of hydrogen-bond acceptors (Lipinski definition) is 7. The van der Waals surface area contributed by atoms with Crippen LogP contribution in [0.2, 0.25) is 0 Å². The Morgan fingerprint density at radius 3 is 1.69 bits per heavy atom. The van der Waals surface area contributed by atoms with Gasteiger partial charge in [-0.2, -0.15) is 0 Å². The van der Waals surface area contributed by atoms with Crippen LogP contribution in [0.1, 0.15) is 15.9 Å². The second-order valence-corrected chi connectivity index (χ2v) is 6.32. The summed E-state index contributed by atoms with van der Waals surface area (Å²) in [6, 6.07) is 8.55. The standard InChI is InChI=1S/C22H27NO6/c1-23(2)13-16(15-11-19(27-5)22(29-7)20(12-15)28-6)21(24)14-8-9-17(25-3)18(10-14)26-4/h8-13H,1-7H3/b16-13+. The fourth-order valence-electron chi connectivity index (χ4n) is 2.89. The van der Waals surface area contributed by atoms with Crippen molar-refractivity contribution < 1.29 is 28.5 Å². The number of carbonyl (C=O) groups is 1. The fourth-order valence-corrected chi connectivity index (χ4v) is 2.89. The van der Waals surface area contributed by atoms with Gasteiger partial charge in [0.15, 0.2) is 28.8 Å². The Hall–Kier alpha value is -3.35. The van der Waals surface area contributed by atoms with Crippen molar-refractivity contribution in [2.75, 3.05) is 49.6 Å². The van der Waals surface area contributed by atoms with Gasteiger partial charge in [0.25, 0.3) is 0 Å². The number of benzene rings is 2. The summed E-state index contributed by atoms with van der Waals surface area (Å²) in [5.41, 5.74) is 1.55. The van der Waals surface area contributed by atoms with Gasteiger partial charge in [0.1, 0.15) is 0 Å². The van der Waals surface area contributed by atoms with Crippen LogP contribution in [0.3, 0.4) is 0 Å². The molecule has 0 fully saturated rings. The lowest BCUT2D eigenvalue weighted by Crippen LogP contribution is -2.10. The smallest absolute Gasteiger partial charge is 0.203 e. The Morgan fingerprint density at radius 2 is 1.24 bits per heavy atom. The highest BCUT2D eigenvalue weighted by Crippen LogP contribution is 2.40. The summed E-state index contributed by atoms with van der Waals surface area (Å²) >= 11 is 0. The monoisotopic (exact) mass is 401 g/mol. The molecule has 156 valence electrons. The van der Waals surface area contributed by atoms with Gasteiger partial charge < -0.3 is 28.6 Å². The minimum Gasteiger partial charge on any atom is -0.493 e. The Labute approximate surface area is 171 Å². The molecule has 2 aromatic rings. The predicted molar refractivity (Wildman–Crippen MR) is 112 cm³/mol. The molecule has 0 atom stereocenters. The first-order chi connectivity index (χ1) is 13.9. The van der Waals surface area contributed by atoms with Crippen LogP contribution in [-0.4, -0.2) is 60.3 Å². The van der Waals surface area contributed by atoms with E-state index in [2.05, 4.69) is 0 Å². The maximum absolute atomic E-state index is 13.4. The van der Waals surface area contributed by atoms with E-state index in [4.69, 9.17) is 23.7 Å². The van der Waals surface area contributed by atoms with E-state index < -0.39 is 0 Å². The molecule has 0 heterocycles. The lowest BCUT2D eigenvalue weighted by Gasteiger charge is -2.17. The molecule has 0 aromatic heterocycles. The summed E-state index contributed by atoms with van der Waals surface area (Å²) in [7, 11) is 11.4. The zero-order chi connectivity index (χ0) is 21.6. The number of ketones is 1. The molecular formula is C22H27NO6. The molecule has 7 nitrogen and oxygen atoms in total. The molecule has 0 saturated heterocycles. The van der Waals surface area contributed by atoms with Gasteiger partial charge in [-0.1, -0.05) is 0 Å². The Balaban J connectivity index is 2.63. The van der Waals surface area contributed by atoms with E-state index in [9.17, 15) is 4.79 Å². The first-order valence-corrected chi connectivity index (χ1v) is 8.85. The van der Waals surface area contributed by atoms with E-state index in [0.717, 1.165) is 0 Å². The number of allylic oxidation sites excluding steroid dienone is 1. The van der Waals surface area contributed by atoms with Gasteiger partial charge in [-0.15, -0.1) is 0 Å². The number of hydrogen-bond donors (Lipinski definition) is 0. The SMILES string of the molecule is COc1ccc(C(=O)/C(=C/N(C)C)c2cc(OC)c(OC)c(OC)c2)cc1OC. The van der Waals surface area contributed by atoms with Crippen LogP contribution in [0.15, 0.2) is 36.5 Å². The molecular weight excluding hydrogens is 374 g/mol. The molecule has 0 bridgehead atoms. The topological polar surface area (TPSA) is 66.5 Å². The zero-order valence-electron chi connectivity index (χ0n) is 17.9. The molecule has 0 aliphatic heterocycles. The molecule has 0 aliphatic carbocycles. The number of carbonyl (C=O) groups excluding carboxylic acids is 1. The van der Waals surface area contributed by atoms with Crippen molar-refractivity contribution in [3.8, 4) is 28.7 Å². The molecule has 0 radical (unpaired) electrons. The van der Waals surface area contributed by atoms with Crippen LogP contribution in [0.5, 0.6) is 28.7 Å². The highest BCUT2D eigenvalue weighted by molar-refractivity contribution is 6.29. The van der Waals surface area contributed by atoms with Crippen molar-refractivity contribution in [1.29, 1.82) is 0 Å². The van der Waals surface area contributed by atoms with Gasteiger partial charge in [0.2, 0.25) is 5.75 Å². The average molecular weight is 401 g/mol. The summed E-state index contributed by atoms with van der Waals surface area (Å²) in [5, 5.41) is 0. The van der Waals surface area contributed by atoms with Crippen molar-refractivity contribution in [3.63, 3.8) is 0 Å². The molecule has 0 N–H and O–H groups in total. The molecule has 7 heteroatoms. The Bertz CT molecular complexity index is 879. The Morgan fingerprint density at radius 1 is 0.724 bits per heavy atom. The molecule has 0 amide bonds. The third-order valence-electron chi connectivity index (χ3n) is 4.25. The van der Waals surface area contributed by atoms with Crippen LogP contribution in [0.4, 0.5) is 0 Å². The lowest BCUT2D eigenvalue weighted by molar-refractivity contribution is 0.105. The predicted octanol–water partition coefficient (Wildman–Crippen LogP) is 3.52. The number of methoxy groups -OCH3 is 5. The maximum atomic E-state index is 13.4. The first kappa shape index (κ1) is 21.9. The van der Waals surface area contributed by atoms with Crippen LogP contribution < -0.4 is 23.7 Å².